The molecule has 0 spiro atoms. The first kappa shape index (κ1) is 19.4. The summed E-state index contributed by atoms with van der Waals surface area (Å²) in [6.45, 7) is 4.60. The molecule has 0 aromatic heterocycles. The monoisotopic (exact) mass is 402 g/mol. The van der Waals surface area contributed by atoms with Crippen molar-refractivity contribution in [3.05, 3.63) is 106 Å². The van der Waals surface area contributed by atoms with Gasteiger partial charge in [0.2, 0.25) is 0 Å². The van der Waals surface area contributed by atoms with Gasteiger partial charge >= 0.3 is 0 Å². The predicted octanol–water partition coefficient (Wildman–Crippen LogP) is 5.78. The van der Waals surface area contributed by atoms with Crippen LogP contribution in [0.5, 0.6) is 0 Å². The molecule has 4 rings (SSSR count). The van der Waals surface area contributed by atoms with Crippen LogP contribution in [0.25, 0.3) is 0 Å². The molecule has 0 bridgehead atoms. The SMILES string of the molecule is Cc1ccc(C(C)CN2N=C(c3ccccc3)C(c3ccccc3)C2=O)cc1Cl. The van der Waals surface area contributed by atoms with Crippen LogP contribution in [0, 0.1) is 6.92 Å². The molecule has 1 aliphatic rings. The molecule has 3 aromatic rings. The largest absolute Gasteiger partial charge is 0.272 e. The molecule has 0 fully saturated rings. The zero-order valence-electron chi connectivity index (χ0n) is 16.5. The fraction of sp³-hybridized carbons (Fsp3) is 0.200. The van der Waals surface area contributed by atoms with E-state index in [4.69, 9.17) is 16.7 Å². The second kappa shape index (κ2) is 8.22. The van der Waals surface area contributed by atoms with E-state index in [1.807, 2.05) is 79.7 Å². The van der Waals surface area contributed by atoms with Crippen molar-refractivity contribution in [3.63, 3.8) is 0 Å². The predicted molar refractivity (Wildman–Crippen MR) is 118 cm³/mol. The van der Waals surface area contributed by atoms with Crippen molar-refractivity contribution in [1.82, 2.24) is 5.01 Å². The average Bonchev–Trinajstić information content (AvgIpc) is 3.07. The van der Waals surface area contributed by atoms with Gasteiger partial charge in [0.15, 0.2) is 0 Å². The van der Waals surface area contributed by atoms with E-state index in [1.54, 1.807) is 5.01 Å². The number of carbonyl (C=O) groups excluding carboxylic acids is 1. The summed E-state index contributed by atoms with van der Waals surface area (Å²) < 4.78 is 0. The molecular formula is C25H23ClN2O. The van der Waals surface area contributed by atoms with Crippen LogP contribution in [0.1, 0.15) is 41.0 Å². The Kier molecular flexibility index (Phi) is 5.50. The Labute approximate surface area is 176 Å². The van der Waals surface area contributed by atoms with Crippen LogP contribution in [0.3, 0.4) is 0 Å². The van der Waals surface area contributed by atoms with Crippen LogP contribution < -0.4 is 0 Å². The molecule has 2 atom stereocenters. The molecule has 1 amide bonds. The summed E-state index contributed by atoms with van der Waals surface area (Å²) in [4.78, 5) is 13.4. The molecule has 0 N–H and O–H groups in total. The van der Waals surface area contributed by atoms with Crippen molar-refractivity contribution in [1.29, 1.82) is 0 Å². The summed E-state index contributed by atoms with van der Waals surface area (Å²) in [6.07, 6.45) is 0. The highest BCUT2D eigenvalue weighted by Crippen LogP contribution is 2.32. The van der Waals surface area contributed by atoms with Gasteiger partial charge in [0, 0.05) is 10.9 Å². The van der Waals surface area contributed by atoms with Gasteiger partial charge in [0.25, 0.3) is 5.91 Å². The van der Waals surface area contributed by atoms with E-state index >= 15 is 0 Å². The van der Waals surface area contributed by atoms with Gasteiger partial charge < -0.3 is 0 Å². The minimum Gasteiger partial charge on any atom is -0.272 e. The van der Waals surface area contributed by atoms with Gasteiger partial charge in [-0.15, -0.1) is 0 Å². The van der Waals surface area contributed by atoms with E-state index in [9.17, 15) is 4.79 Å². The third kappa shape index (κ3) is 3.96. The summed E-state index contributed by atoms with van der Waals surface area (Å²) in [5, 5.41) is 7.14. The third-order valence-electron chi connectivity index (χ3n) is 5.42. The number of hydrazone groups is 1. The Balaban J connectivity index is 1.66. The highest BCUT2D eigenvalue weighted by Gasteiger charge is 2.38. The van der Waals surface area contributed by atoms with Crippen molar-refractivity contribution in [2.75, 3.05) is 6.54 Å². The van der Waals surface area contributed by atoms with Gasteiger partial charge in [-0.25, -0.2) is 5.01 Å². The fourth-order valence-electron chi connectivity index (χ4n) is 3.69. The lowest BCUT2D eigenvalue weighted by molar-refractivity contribution is -0.130. The van der Waals surface area contributed by atoms with E-state index in [1.165, 1.54) is 0 Å². The molecule has 3 nitrogen and oxygen atoms in total. The molecule has 146 valence electrons. The standard InChI is InChI=1S/C25H23ClN2O/c1-17-13-14-21(15-22(17)26)18(2)16-28-25(29)23(19-9-5-3-6-10-19)24(27-28)20-11-7-4-8-12-20/h3-15,18,23H,16H2,1-2H3. The lowest BCUT2D eigenvalue weighted by Crippen LogP contribution is -2.29. The summed E-state index contributed by atoms with van der Waals surface area (Å²) in [7, 11) is 0. The molecule has 0 saturated heterocycles. The van der Waals surface area contributed by atoms with Crippen LogP contribution in [0.2, 0.25) is 5.02 Å². The first-order chi connectivity index (χ1) is 14.0. The molecule has 0 aliphatic carbocycles. The van der Waals surface area contributed by atoms with Crippen LogP contribution in [-0.2, 0) is 4.79 Å². The minimum absolute atomic E-state index is 0.0140. The van der Waals surface area contributed by atoms with E-state index in [0.717, 1.165) is 33.0 Å². The quantitative estimate of drug-likeness (QED) is 0.532. The van der Waals surface area contributed by atoms with Crippen LogP contribution in [0.4, 0.5) is 0 Å². The molecule has 4 heteroatoms. The van der Waals surface area contributed by atoms with Gasteiger partial charge in [-0.3, -0.25) is 4.79 Å². The number of nitrogens with zero attached hydrogens (tertiary/aromatic N) is 2. The van der Waals surface area contributed by atoms with Gasteiger partial charge in [-0.2, -0.15) is 5.10 Å². The molecule has 29 heavy (non-hydrogen) atoms. The van der Waals surface area contributed by atoms with E-state index in [0.29, 0.717) is 6.54 Å². The first-order valence-electron chi connectivity index (χ1n) is 9.81. The Hall–Kier alpha value is -2.91. The summed E-state index contributed by atoms with van der Waals surface area (Å²) >= 11 is 6.30. The summed E-state index contributed by atoms with van der Waals surface area (Å²) in [5.74, 6) is -0.250. The smallest absolute Gasteiger partial charge is 0.256 e. The van der Waals surface area contributed by atoms with Gasteiger partial charge in [0.1, 0.15) is 5.92 Å². The lowest BCUT2D eigenvalue weighted by atomic mass is 9.90. The van der Waals surface area contributed by atoms with E-state index < -0.39 is 0 Å². The van der Waals surface area contributed by atoms with Crippen LogP contribution in [0.15, 0.2) is 84.0 Å². The van der Waals surface area contributed by atoms with Crippen molar-refractivity contribution in [2.24, 2.45) is 5.10 Å². The number of amides is 1. The Morgan fingerprint density at radius 3 is 2.31 bits per heavy atom. The maximum absolute atomic E-state index is 13.4. The Morgan fingerprint density at radius 2 is 1.66 bits per heavy atom. The summed E-state index contributed by atoms with van der Waals surface area (Å²) in [5.41, 5.74) is 4.90. The number of rotatable bonds is 5. The van der Waals surface area contributed by atoms with Gasteiger partial charge in [-0.1, -0.05) is 91.3 Å². The first-order valence-corrected chi connectivity index (χ1v) is 10.2. The molecule has 2 unspecified atom stereocenters. The highest BCUT2D eigenvalue weighted by molar-refractivity contribution is 6.31. The molecule has 1 aliphatic heterocycles. The third-order valence-corrected chi connectivity index (χ3v) is 5.82. The number of carbonyl (C=O) groups is 1. The summed E-state index contributed by atoms with van der Waals surface area (Å²) in [6, 6.07) is 25.9. The molecular weight excluding hydrogens is 380 g/mol. The number of halogens is 1. The Morgan fingerprint density at radius 1 is 1.00 bits per heavy atom. The molecule has 1 heterocycles. The Bertz CT molecular complexity index is 1050. The zero-order chi connectivity index (χ0) is 20.4. The number of hydrogen-bond donors (Lipinski definition) is 0. The maximum Gasteiger partial charge on any atom is 0.256 e. The molecule has 0 radical (unpaired) electrons. The number of hydrogen-bond acceptors (Lipinski definition) is 2. The van der Waals surface area contributed by atoms with Gasteiger partial charge in [0.05, 0.1) is 12.3 Å². The maximum atomic E-state index is 13.4. The highest BCUT2D eigenvalue weighted by atomic mass is 35.5. The second-order valence-electron chi connectivity index (χ2n) is 7.52. The van der Waals surface area contributed by atoms with Crippen molar-refractivity contribution < 1.29 is 4.79 Å². The fourth-order valence-corrected chi connectivity index (χ4v) is 3.88. The lowest BCUT2D eigenvalue weighted by Gasteiger charge is -2.20. The minimum atomic E-state index is -0.382. The topological polar surface area (TPSA) is 32.7 Å². The van der Waals surface area contributed by atoms with Crippen LogP contribution in [-0.4, -0.2) is 23.2 Å². The normalized spacial score (nSPS) is 17.3. The zero-order valence-corrected chi connectivity index (χ0v) is 17.3. The number of benzene rings is 3. The van der Waals surface area contributed by atoms with Crippen molar-refractivity contribution >= 4 is 23.2 Å². The van der Waals surface area contributed by atoms with Crippen molar-refractivity contribution in [3.8, 4) is 0 Å². The molecule has 0 saturated carbocycles. The second-order valence-corrected chi connectivity index (χ2v) is 7.93. The number of aryl methyl sites for hydroxylation is 1. The van der Waals surface area contributed by atoms with Crippen LogP contribution >= 0.6 is 11.6 Å². The molecule has 3 aromatic carbocycles. The van der Waals surface area contributed by atoms with E-state index in [-0.39, 0.29) is 17.7 Å². The van der Waals surface area contributed by atoms with E-state index in [2.05, 4.69) is 13.0 Å². The average molecular weight is 403 g/mol. The van der Waals surface area contributed by atoms with Crippen molar-refractivity contribution in [2.45, 2.75) is 25.7 Å². The van der Waals surface area contributed by atoms with Gasteiger partial charge in [-0.05, 0) is 35.2 Å².